The SMILES string of the molecule is COCCONCCN(C)C. The summed E-state index contributed by atoms with van der Waals surface area (Å²) in [6.45, 7) is 3.06. The molecule has 0 amide bonds. The molecule has 4 heteroatoms. The van der Waals surface area contributed by atoms with E-state index in [1.165, 1.54) is 0 Å². The van der Waals surface area contributed by atoms with E-state index in [2.05, 4.69) is 10.4 Å². The van der Waals surface area contributed by atoms with Crippen LogP contribution in [0, 0.1) is 0 Å². The van der Waals surface area contributed by atoms with E-state index < -0.39 is 0 Å². The van der Waals surface area contributed by atoms with Gasteiger partial charge in [0.25, 0.3) is 0 Å². The Morgan fingerprint density at radius 2 is 2.00 bits per heavy atom. The van der Waals surface area contributed by atoms with Crippen LogP contribution in [0.3, 0.4) is 0 Å². The largest absolute Gasteiger partial charge is 0.382 e. The monoisotopic (exact) mass is 162 g/mol. The second-order valence-electron chi connectivity index (χ2n) is 2.54. The molecule has 0 aromatic rings. The summed E-state index contributed by atoms with van der Waals surface area (Å²) in [7, 11) is 5.71. The van der Waals surface area contributed by atoms with Crippen LogP contribution in [0.2, 0.25) is 0 Å². The first-order chi connectivity index (χ1) is 5.27. The summed E-state index contributed by atoms with van der Waals surface area (Å²) in [5.41, 5.74) is 2.83. The first kappa shape index (κ1) is 10.8. The maximum atomic E-state index is 5.02. The minimum atomic E-state index is 0.601. The highest BCUT2D eigenvalue weighted by atomic mass is 16.7. The van der Waals surface area contributed by atoms with Gasteiger partial charge in [-0.2, -0.15) is 0 Å². The van der Waals surface area contributed by atoms with Crippen LogP contribution < -0.4 is 5.48 Å². The Kier molecular flexibility index (Phi) is 7.83. The summed E-state index contributed by atoms with van der Waals surface area (Å²) in [4.78, 5) is 7.11. The summed E-state index contributed by atoms with van der Waals surface area (Å²) in [6, 6.07) is 0. The molecular formula is C7H18N2O2. The molecule has 0 aromatic heterocycles. The van der Waals surface area contributed by atoms with Crippen molar-refractivity contribution >= 4 is 0 Å². The molecule has 0 unspecified atom stereocenters. The predicted molar refractivity (Wildman–Crippen MR) is 44.4 cm³/mol. The molecule has 0 saturated heterocycles. The zero-order valence-corrected chi connectivity index (χ0v) is 7.59. The highest BCUT2D eigenvalue weighted by Crippen LogP contribution is 1.72. The van der Waals surface area contributed by atoms with Crippen LogP contribution in [0.1, 0.15) is 0 Å². The third-order valence-corrected chi connectivity index (χ3v) is 1.15. The number of likely N-dealkylation sites (N-methyl/N-ethyl adjacent to an activating group) is 1. The van der Waals surface area contributed by atoms with Gasteiger partial charge in [0.2, 0.25) is 0 Å². The van der Waals surface area contributed by atoms with Gasteiger partial charge in [-0.05, 0) is 14.1 Å². The van der Waals surface area contributed by atoms with Gasteiger partial charge in [0.15, 0.2) is 0 Å². The smallest absolute Gasteiger partial charge is 0.0915 e. The molecule has 68 valence electrons. The predicted octanol–water partition coefficient (Wildman–Crippen LogP) is -0.284. The van der Waals surface area contributed by atoms with Crippen LogP contribution in [0.15, 0.2) is 0 Å². The van der Waals surface area contributed by atoms with E-state index in [4.69, 9.17) is 9.57 Å². The number of hydroxylamine groups is 1. The molecule has 0 heterocycles. The third kappa shape index (κ3) is 9.84. The fraction of sp³-hybridized carbons (Fsp3) is 1.00. The van der Waals surface area contributed by atoms with Crippen LogP contribution in [-0.4, -0.2) is 52.4 Å². The van der Waals surface area contributed by atoms with Gasteiger partial charge in [-0.25, -0.2) is 5.48 Å². The van der Waals surface area contributed by atoms with Gasteiger partial charge in [-0.1, -0.05) is 0 Å². The number of hydrogen-bond donors (Lipinski definition) is 1. The highest BCUT2D eigenvalue weighted by Gasteiger charge is 1.89. The first-order valence-electron chi connectivity index (χ1n) is 3.75. The van der Waals surface area contributed by atoms with Gasteiger partial charge in [-0.3, -0.25) is 4.84 Å². The van der Waals surface area contributed by atoms with E-state index in [-0.39, 0.29) is 0 Å². The lowest BCUT2D eigenvalue weighted by Crippen LogP contribution is -2.27. The van der Waals surface area contributed by atoms with Crippen LogP contribution in [0.25, 0.3) is 0 Å². The van der Waals surface area contributed by atoms with Crippen molar-refractivity contribution in [3.63, 3.8) is 0 Å². The molecule has 0 spiro atoms. The quantitative estimate of drug-likeness (QED) is 0.412. The molecule has 0 atom stereocenters. The molecule has 0 aliphatic carbocycles. The summed E-state index contributed by atoms with van der Waals surface area (Å²) in [6.07, 6.45) is 0. The maximum absolute atomic E-state index is 5.02. The fourth-order valence-electron chi connectivity index (χ4n) is 0.539. The van der Waals surface area contributed by atoms with Crippen molar-refractivity contribution in [3.05, 3.63) is 0 Å². The minimum Gasteiger partial charge on any atom is -0.382 e. The molecule has 0 saturated carbocycles. The molecule has 0 radical (unpaired) electrons. The normalized spacial score (nSPS) is 10.9. The van der Waals surface area contributed by atoms with Crippen molar-refractivity contribution in [2.24, 2.45) is 0 Å². The number of nitrogens with one attached hydrogen (secondary N) is 1. The van der Waals surface area contributed by atoms with Gasteiger partial charge >= 0.3 is 0 Å². The number of rotatable bonds is 7. The maximum Gasteiger partial charge on any atom is 0.0915 e. The standard InChI is InChI=1S/C7H18N2O2/c1-9(2)5-4-8-11-7-6-10-3/h8H,4-7H2,1-3H3. The summed E-state index contributed by atoms with van der Waals surface area (Å²) >= 11 is 0. The molecule has 0 aliphatic rings. The van der Waals surface area contributed by atoms with Gasteiger partial charge in [0, 0.05) is 20.2 Å². The Labute approximate surface area is 68.4 Å². The van der Waals surface area contributed by atoms with Crippen molar-refractivity contribution in [1.82, 2.24) is 10.4 Å². The molecule has 11 heavy (non-hydrogen) atoms. The Hall–Kier alpha value is -0.160. The summed E-state index contributed by atoms with van der Waals surface area (Å²) < 4.78 is 4.79. The average molecular weight is 162 g/mol. The molecule has 0 fully saturated rings. The highest BCUT2D eigenvalue weighted by molar-refractivity contribution is 4.41. The molecular weight excluding hydrogens is 144 g/mol. The van der Waals surface area contributed by atoms with E-state index >= 15 is 0 Å². The molecule has 0 bridgehead atoms. The fourth-order valence-corrected chi connectivity index (χ4v) is 0.539. The molecule has 0 aliphatic heterocycles. The van der Waals surface area contributed by atoms with Crippen molar-refractivity contribution in [1.29, 1.82) is 0 Å². The molecule has 0 rings (SSSR count). The molecule has 4 nitrogen and oxygen atoms in total. The van der Waals surface area contributed by atoms with E-state index in [1.54, 1.807) is 7.11 Å². The zero-order chi connectivity index (χ0) is 8.53. The summed E-state index contributed by atoms with van der Waals surface area (Å²) in [5.74, 6) is 0. The lowest BCUT2D eigenvalue weighted by Gasteiger charge is -2.09. The Morgan fingerprint density at radius 1 is 1.27 bits per heavy atom. The van der Waals surface area contributed by atoms with Crippen LogP contribution in [-0.2, 0) is 9.57 Å². The lowest BCUT2D eigenvalue weighted by atomic mass is 10.6. The minimum absolute atomic E-state index is 0.601. The zero-order valence-electron chi connectivity index (χ0n) is 7.59. The Morgan fingerprint density at radius 3 is 2.55 bits per heavy atom. The van der Waals surface area contributed by atoms with Crippen LogP contribution in [0.4, 0.5) is 0 Å². The van der Waals surface area contributed by atoms with E-state index in [1.807, 2.05) is 14.1 Å². The van der Waals surface area contributed by atoms with Crippen molar-refractivity contribution < 1.29 is 9.57 Å². The van der Waals surface area contributed by atoms with Gasteiger partial charge in [0.05, 0.1) is 13.2 Å². The van der Waals surface area contributed by atoms with Gasteiger partial charge in [-0.15, -0.1) is 0 Å². The second kappa shape index (κ2) is 7.94. The lowest BCUT2D eigenvalue weighted by molar-refractivity contribution is 0.00511. The number of ether oxygens (including phenoxy) is 1. The van der Waals surface area contributed by atoms with Gasteiger partial charge in [0.1, 0.15) is 0 Å². The summed E-state index contributed by atoms with van der Waals surface area (Å²) in [5, 5.41) is 0. The Balaban J connectivity index is 2.80. The van der Waals surface area contributed by atoms with Crippen molar-refractivity contribution in [2.75, 3.05) is 47.5 Å². The van der Waals surface area contributed by atoms with E-state index in [9.17, 15) is 0 Å². The van der Waals surface area contributed by atoms with Crippen LogP contribution >= 0.6 is 0 Å². The van der Waals surface area contributed by atoms with Gasteiger partial charge < -0.3 is 9.64 Å². The Bertz CT molecular complexity index is 78.8. The number of nitrogens with zero attached hydrogens (tertiary/aromatic N) is 1. The molecule has 0 aromatic carbocycles. The van der Waals surface area contributed by atoms with Crippen molar-refractivity contribution in [2.45, 2.75) is 0 Å². The van der Waals surface area contributed by atoms with Crippen molar-refractivity contribution in [3.8, 4) is 0 Å². The van der Waals surface area contributed by atoms with E-state index in [0.717, 1.165) is 13.1 Å². The number of methoxy groups -OCH3 is 1. The third-order valence-electron chi connectivity index (χ3n) is 1.15. The van der Waals surface area contributed by atoms with E-state index in [0.29, 0.717) is 13.2 Å². The first-order valence-corrected chi connectivity index (χ1v) is 3.75. The number of hydrogen-bond acceptors (Lipinski definition) is 4. The van der Waals surface area contributed by atoms with Crippen LogP contribution in [0.5, 0.6) is 0 Å². The average Bonchev–Trinajstić information content (AvgIpc) is 1.96. The second-order valence-corrected chi connectivity index (χ2v) is 2.54. The topological polar surface area (TPSA) is 33.7 Å². The molecule has 1 N–H and O–H groups in total.